The predicted octanol–water partition coefficient (Wildman–Crippen LogP) is 0.357. The number of aliphatic hydroxyl groups excluding tert-OH is 1. The number of carbonyl (C=O) groups is 2. The molecule has 0 radical (unpaired) electrons. The number of hydrogen-bond acceptors (Lipinski definition) is 6. The average Bonchev–Trinajstić information content (AvgIpc) is 2.28. The lowest BCUT2D eigenvalue weighted by Gasteiger charge is -2.18. The Bertz CT molecular complexity index is 600. The van der Waals surface area contributed by atoms with Crippen LogP contribution in [0.4, 0.5) is 0 Å². The van der Waals surface area contributed by atoms with Crippen LogP contribution in [0.1, 0.15) is 21.5 Å². The highest BCUT2D eigenvalue weighted by Gasteiger charge is 2.36. The van der Waals surface area contributed by atoms with Crippen molar-refractivity contribution in [2.24, 2.45) is 5.73 Å². The van der Waals surface area contributed by atoms with E-state index in [0.29, 0.717) is 0 Å². The number of aliphatic hydroxyl groups is 1. The molecule has 0 heterocycles. The van der Waals surface area contributed by atoms with Crippen LogP contribution in [0.3, 0.4) is 0 Å². The number of carbonyl (C=O) groups excluding carboxylic acids is 2. The Kier molecular flexibility index (Phi) is 2.10. The van der Waals surface area contributed by atoms with Gasteiger partial charge in [0, 0.05) is 0 Å². The zero-order chi connectivity index (χ0) is 12.9. The molecule has 6 heteroatoms. The number of benzene rings is 1. The molecule has 0 aromatic heterocycles. The van der Waals surface area contributed by atoms with Crippen LogP contribution >= 0.6 is 0 Å². The number of Topliss-reactive ketones (excluding diaryl/α,β-unsaturated/α-hetero) is 2. The summed E-state index contributed by atoms with van der Waals surface area (Å²) in [5.41, 5.74) is 4.15. The molecular weight excluding hydrogens is 226 g/mol. The van der Waals surface area contributed by atoms with E-state index in [4.69, 9.17) is 5.73 Å². The minimum Gasteiger partial charge on any atom is -0.507 e. The predicted molar refractivity (Wildman–Crippen MR) is 57.6 cm³/mol. The molecule has 0 saturated heterocycles. The maximum atomic E-state index is 11.6. The van der Waals surface area contributed by atoms with Gasteiger partial charge in [0.25, 0.3) is 5.78 Å². The lowest BCUT2D eigenvalue weighted by atomic mass is 9.89. The Morgan fingerprint density at radius 1 is 1.06 bits per heavy atom. The van der Waals surface area contributed by atoms with Crippen LogP contribution in [0.25, 0.3) is 5.76 Å². The third kappa shape index (κ3) is 1.27. The Labute approximate surface area is 95.6 Å². The smallest absolute Gasteiger partial charge is 0.253 e. The third-order valence-electron chi connectivity index (χ3n) is 2.64. The fraction of sp³-hybridized carbons (Fsp3) is 0.0909. The second-order valence-electron chi connectivity index (χ2n) is 3.73. The molecule has 6 nitrogen and oxygen atoms in total. The summed E-state index contributed by atoms with van der Waals surface area (Å²) in [5, 5.41) is 29.0. The topological polar surface area (TPSA) is 121 Å². The molecule has 0 fully saturated rings. The standard InChI is InChI=1S/C11H9NO5/c1-3-2-4(13)5-6(8(3)14)9(15)7(12)11(17)10(5)16/h2,13-15H,12H2,1H3. The minimum atomic E-state index is -1.10. The summed E-state index contributed by atoms with van der Waals surface area (Å²) in [5.74, 6) is -3.72. The van der Waals surface area contributed by atoms with Crippen LogP contribution < -0.4 is 5.73 Å². The van der Waals surface area contributed by atoms with Crippen molar-refractivity contribution in [3.63, 3.8) is 0 Å². The Balaban J connectivity index is 2.95. The summed E-state index contributed by atoms with van der Waals surface area (Å²) in [7, 11) is 0. The third-order valence-corrected chi connectivity index (χ3v) is 2.64. The van der Waals surface area contributed by atoms with Gasteiger partial charge in [-0.3, -0.25) is 9.59 Å². The first-order valence-electron chi connectivity index (χ1n) is 4.70. The van der Waals surface area contributed by atoms with Gasteiger partial charge in [-0.1, -0.05) is 0 Å². The second-order valence-corrected chi connectivity index (χ2v) is 3.73. The van der Waals surface area contributed by atoms with Gasteiger partial charge in [0.1, 0.15) is 17.2 Å². The van der Waals surface area contributed by atoms with Gasteiger partial charge in [0.2, 0.25) is 5.78 Å². The van der Waals surface area contributed by atoms with E-state index in [1.807, 2.05) is 0 Å². The van der Waals surface area contributed by atoms with E-state index in [1.54, 1.807) is 0 Å². The molecule has 2 rings (SSSR count). The molecule has 0 amide bonds. The number of fused-ring (bicyclic) bond motifs is 1. The van der Waals surface area contributed by atoms with Gasteiger partial charge in [-0.25, -0.2) is 0 Å². The number of ketones is 2. The zero-order valence-electron chi connectivity index (χ0n) is 8.81. The quantitative estimate of drug-likeness (QED) is 0.380. The molecule has 0 unspecified atom stereocenters. The highest BCUT2D eigenvalue weighted by molar-refractivity contribution is 6.52. The van der Waals surface area contributed by atoms with Crippen molar-refractivity contribution < 1.29 is 24.9 Å². The van der Waals surface area contributed by atoms with Crippen LogP contribution in [0.2, 0.25) is 0 Å². The number of rotatable bonds is 0. The van der Waals surface area contributed by atoms with Gasteiger partial charge in [-0.15, -0.1) is 0 Å². The van der Waals surface area contributed by atoms with Gasteiger partial charge in [-0.05, 0) is 18.6 Å². The fourth-order valence-electron chi connectivity index (χ4n) is 1.73. The van der Waals surface area contributed by atoms with Gasteiger partial charge in [0.15, 0.2) is 5.76 Å². The van der Waals surface area contributed by atoms with Crippen LogP contribution in [0, 0.1) is 6.92 Å². The molecule has 5 N–H and O–H groups in total. The first kappa shape index (κ1) is 11.0. The minimum absolute atomic E-state index is 0.253. The number of phenolic OH excluding ortho intramolecular Hbond substituents is 2. The lowest BCUT2D eigenvalue weighted by molar-refractivity contribution is -0.112. The summed E-state index contributed by atoms with van der Waals surface area (Å²) < 4.78 is 0. The van der Waals surface area contributed by atoms with Crippen molar-refractivity contribution in [1.29, 1.82) is 0 Å². The molecule has 1 aromatic rings. The summed E-state index contributed by atoms with van der Waals surface area (Å²) in [4.78, 5) is 23.0. The van der Waals surface area contributed by atoms with Crippen LogP contribution in [0.15, 0.2) is 11.8 Å². The molecule has 0 bridgehead atoms. The van der Waals surface area contributed by atoms with Crippen molar-refractivity contribution in [1.82, 2.24) is 0 Å². The van der Waals surface area contributed by atoms with Crippen molar-refractivity contribution in [3.8, 4) is 11.5 Å². The molecule has 1 aliphatic carbocycles. The number of nitrogens with two attached hydrogens (primary N) is 1. The zero-order valence-corrected chi connectivity index (χ0v) is 8.81. The van der Waals surface area contributed by atoms with Gasteiger partial charge in [0.05, 0.1) is 11.1 Å². The first-order valence-corrected chi connectivity index (χ1v) is 4.70. The van der Waals surface area contributed by atoms with E-state index >= 15 is 0 Å². The van der Waals surface area contributed by atoms with Crippen LogP contribution in [0.5, 0.6) is 11.5 Å². The lowest BCUT2D eigenvalue weighted by Crippen LogP contribution is -2.28. The molecule has 0 saturated carbocycles. The van der Waals surface area contributed by atoms with E-state index < -0.39 is 34.3 Å². The SMILES string of the molecule is Cc1cc(O)c2c(c1O)C(O)=C(N)C(=O)C2=O. The van der Waals surface area contributed by atoms with E-state index in [1.165, 1.54) is 6.92 Å². The number of phenols is 2. The molecule has 0 aliphatic heterocycles. The normalized spacial score (nSPS) is 15.1. The highest BCUT2D eigenvalue weighted by Crippen LogP contribution is 2.39. The summed E-state index contributed by atoms with van der Waals surface area (Å²) in [6.07, 6.45) is 0. The Morgan fingerprint density at radius 3 is 2.24 bits per heavy atom. The Morgan fingerprint density at radius 2 is 1.65 bits per heavy atom. The summed E-state index contributed by atoms with van der Waals surface area (Å²) >= 11 is 0. The Hall–Kier alpha value is -2.50. The maximum Gasteiger partial charge on any atom is 0.253 e. The first-order chi connectivity index (χ1) is 7.86. The summed E-state index contributed by atoms with van der Waals surface area (Å²) in [6, 6.07) is 1.13. The van der Waals surface area contributed by atoms with E-state index in [9.17, 15) is 24.9 Å². The van der Waals surface area contributed by atoms with Gasteiger partial charge < -0.3 is 21.1 Å². The second kappa shape index (κ2) is 3.24. The highest BCUT2D eigenvalue weighted by atomic mass is 16.3. The number of aromatic hydroxyl groups is 2. The van der Waals surface area contributed by atoms with Crippen molar-refractivity contribution in [2.75, 3.05) is 0 Å². The molecular formula is C11H9NO5. The van der Waals surface area contributed by atoms with Crippen LogP contribution in [-0.2, 0) is 4.79 Å². The molecule has 88 valence electrons. The largest absolute Gasteiger partial charge is 0.507 e. The molecule has 0 atom stereocenters. The van der Waals surface area contributed by atoms with Gasteiger partial charge >= 0.3 is 0 Å². The van der Waals surface area contributed by atoms with Crippen molar-refractivity contribution >= 4 is 17.3 Å². The molecule has 17 heavy (non-hydrogen) atoms. The number of hydrogen-bond donors (Lipinski definition) is 4. The van der Waals surface area contributed by atoms with E-state index in [0.717, 1.165) is 6.07 Å². The van der Waals surface area contributed by atoms with Gasteiger partial charge in [-0.2, -0.15) is 0 Å². The van der Waals surface area contributed by atoms with E-state index in [2.05, 4.69) is 0 Å². The molecule has 1 aliphatic rings. The van der Waals surface area contributed by atoms with Crippen LogP contribution in [-0.4, -0.2) is 26.9 Å². The fourth-order valence-corrected chi connectivity index (χ4v) is 1.73. The van der Waals surface area contributed by atoms with Crippen molar-refractivity contribution in [2.45, 2.75) is 6.92 Å². The maximum absolute atomic E-state index is 11.6. The number of allylic oxidation sites excluding steroid dienone is 1. The van der Waals surface area contributed by atoms with E-state index in [-0.39, 0.29) is 16.9 Å². The average molecular weight is 235 g/mol. The van der Waals surface area contributed by atoms with Crippen molar-refractivity contribution in [3.05, 3.63) is 28.5 Å². The summed E-state index contributed by atoms with van der Waals surface area (Å²) in [6.45, 7) is 1.47. The monoisotopic (exact) mass is 235 g/mol. The molecule has 0 spiro atoms. The molecule has 1 aromatic carbocycles. The number of aryl methyl sites for hydroxylation is 1.